The number of unbranched alkanes of at least 4 members (excludes halogenated alkanes) is 6. The maximum atomic E-state index is 6.76. The van der Waals surface area contributed by atoms with E-state index in [2.05, 4.69) is 85.8 Å². The molecule has 0 aliphatic carbocycles. The Morgan fingerprint density at radius 2 is 1.08 bits per heavy atom. The molecule has 0 bridgehead atoms. The van der Waals surface area contributed by atoms with E-state index >= 15 is 0 Å². The van der Waals surface area contributed by atoms with Crippen LogP contribution in [-0.2, 0) is 11.3 Å². The summed E-state index contributed by atoms with van der Waals surface area (Å²) < 4.78 is 22.5. The fourth-order valence-electron chi connectivity index (χ4n) is 6.18. The molecular weight excluding hydrogens is 742 g/mol. The predicted molar refractivity (Wildman–Crippen MR) is 182 cm³/mol. The first-order valence-electron chi connectivity index (χ1n) is 16.5. The molecule has 0 aliphatic heterocycles. The molecule has 220 valence electrons. The van der Waals surface area contributed by atoms with E-state index in [1.165, 1.54) is 87.1 Å². The standard InChI is InChI=1S/C10H9BrO.6C4H9.2Sn/c1-2-7-12-8-9-5-3-4-6-10(9)11;6*1-3-4-2;;/h1,3-6H,7-8H2;6*1,3-4H2,2H3;;. The van der Waals surface area contributed by atoms with Crippen molar-refractivity contribution in [2.24, 2.45) is 0 Å². The van der Waals surface area contributed by atoms with Gasteiger partial charge in [-0.05, 0) is 0 Å². The van der Waals surface area contributed by atoms with E-state index in [0.29, 0.717) is 0 Å². The molecule has 0 radical (unpaired) electrons. The molecule has 0 fully saturated rings. The van der Waals surface area contributed by atoms with Gasteiger partial charge in [0.2, 0.25) is 0 Å². The van der Waals surface area contributed by atoms with Gasteiger partial charge in [0.25, 0.3) is 0 Å². The van der Waals surface area contributed by atoms with Crippen LogP contribution >= 0.6 is 15.9 Å². The van der Waals surface area contributed by atoms with Crippen LogP contribution < -0.4 is 0 Å². The summed E-state index contributed by atoms with van der Waals surface area (Å²) in [6, 6.07) is 8.64. The summed E-state index contributed by atoms with van der Waals surface area (Å²) in [7, 11) is 0. The molecule has 0 saturated heterocycles. The van der Waals surface area contributed by atoms with Crippen molar-refractivity contribution in [2.75, 3.05) is 6.61 Å². The van der Waals surface area contributed by atoms with Crippen LogP contribution in [0.3, 0.4) is 0 Å². The second-order valence-electron chi connectivity index (χ2n) is 12.0. The van der Waals surface area contributed by atoms with E-state index in [0.717, 1.165) is 13.2 Å². The predicted octanol–water partition coefficient (Wildman–Crippen LogP) is 12.7. The number of ether oxygens (including phenoxy) is 1. The molecule has 1 aromatic carbocycles. The molecule has 0 saturated carbocycles. The van der Waals surface area contributed by atoms with E-state index in [9.17, 15) is 0 Å². The molecule has 0 N–H and O–H groups in total. The minimum atomic E-state index is -2.58. The Morgan fingerprint density at radius 3 is 1.50 bits per heavy atom. The van der Waals surface area contributed by atoms with E-state index in [-0.39, 0.29) is 0 Å². The molecule has 1 aromatic rings. The topological polar surface area (TPSA) is 9.23 Å². The summed E-state index contributed by atoms with van der Waals surface area (Å²) in [5.74, 6) is 0. The summed E-state index contributed by atoms with van der Waals surface area (Å²) in [6.45, 7) is 16.1. The Labute approximate surface area is 255 Å². The van der Waals surface area contributed by atoms with Crippen LogP contribution in [0.4, 0.5) is 0 Å². The van der Waals surface area contributed by atoms with E-state index in [4.69, 9.17) is 4.74 Å². The fraction of sp³-hybridized carbons (Fsp3) is 0.765. The first-order chi connectivity index (χ1) is 18.5. The molecule has 38 heavy (non-hydrogen) atoms. The summed E-state index contributed by atoms with van der Waals surface area (Å²) in [4.78, 5) is 0. The van der Waals surface area contributed by atoms with Crippen LogP contribution in [0.1, 0.15) is 124 Å². The molecule has 4 heteroatoms. The van der Waals surface area contributed by atoms with Crippen LogP contribution in [0.5, 0.6) is 0 Å². The number of hydrogen-bond donors (Lipinski definition) is 0. The van der Waals surface area contributed by atoms with Gasteiger partial charge >= 0.3 is 258 Å². The van der Waals surface area contributed by atoms with Gasteiger partial charge in [0.1, 0.15) is 0 Å². The van der Waals surface area contributed by atoms with Crippen molar-refractivity contribution in [3.05, 3.63) is 42.0 Å². The Bertz CT molecular complexity index is 704. The number of rotatable bonds is 24. The van der Waals surface area contributed by atoms with Crippen LogP contribution in [0.15, 0.2) is 36.4 Å². The molecule has 1 nitrogen and oxygen atoms in total. The van der Waals surface area contributed by atoms with E-state index in [1.807, 2.05) is 3.59 Å². The molecule has 0 atom stereocenters. The van der Waals surface area contributed by atoms with Gasteiger partial charge < -0.3 is 0 Å². The van der Waals surface area contributed by atoms with Crippen molar-refractivity contribution in [3.8, 4) is 0 Å². The quantitative estimate of drug-likeness (QED) is 0.0946. The third kappa shape index (κ3) is 13.8. The molecule has 0 aliphatic rings. The second-order valence-corrected chi connectivity index (χ2v) is 39.2. The Kier molecular flexibility index (Phi) is 22.0. The summed E-state index contributed by atoms with van der Waals surface area (Å²) in [5.41, 5.74) is 1.29. The average Bonchev–Trinajstić information content (AvgIpc) is 2.94. The van der Waals surface area contributed by atoms with E-state index < -0.39 is 36.8 Å². The molecule has 0 heterocycles. The summed E-state index contributed by atoms with van der Waals surface area (Å²) in [5, 5.41) is 0. The van der Waals surface area contributed by atoms with Gasteiger partial charge in [-0.2, -0.15) is 0 Å². The van der Waals surface area contributed by atoms with Crippen molar-refractivity contribution in [1.29, 1.82) is 0 Å². The summed E-state index contributed by atoms with van der Waals surface area (Å²) >= 11 is -1.25. The summed E-state index contributed by atoms with van der Waals surface area (Å²) in [6.07, 6.45) is 16.8. The van der Waals surface area contributed by atoms with Crippen LogP contribution in [0.25, 0.3) is 0 Å². The van der Waals surface area contributed by atoms with E-state index in [1.54, 1.807) is 26.6 Å². The van der Waals surface area contributed by atoms with Gasteiger partial charge in [-0.15, -0.1) is 0 Å². The van der Waals surface area contributed by atoms with Crippen molar-refractivity contribution in [3.63, 3.8) is 0 Å². The van der Waals surface area contributed by atoms with Crippen LogP contribution in [0, 0.1) is 0 Å². The van der Waals surface area contributed by atoms with Gasteiger partial charge in [0, 0.05) is 0 Å². The van der Waals surface area contributed by atoms with Crippen molar-refractivity contribution in [2.45, 2.75) is 152 Å². The maximum absolute atomic E-state index is 6.76. The Balaban J connectivity index is 3.60. The number of hydrogen-bond acceptors (Lipinski definition) is 1. The van der Waals surface area contributed by atoms with Crippen molar-refractivity contribution in [1.82, 2.24) is 0 Å². The molecule has 0 unspecified atom stereocenters. The monoisotopic (exact) mass is 806 g/mol. The number of halogens is 1. The van der Waals surface area contributed by atoms with Gasteiger partial charge in [0.05, 0.1) is 0 Å². The van der Waals surface area contributed by atoms with Crippen LogP contribution in [-0.4, -0.2) is 43.4 Å². The van der Waals surface area contributed by atoms with Crippen LogP contribution in [0.2, 0.25) is 26.6 Å². The normalized spacial score (nSPS) is 12.9. The first-order valence-corrected chi connectivity index (χ1v) is 32.5. The van der Waals surface area contributed by atoms with Gasteiger partial charge in [0.15, 0.2) is 0 Å². The van der Waals surface area contributed by atoms with Crippen molar-refractivity contribution < 1.29 is 4.74 Å². The van der Waals surface area contributed by atoms with Crippen molar-refractivity contribution >= 4 is 52.7 Å². The third-order valence-corrected chi connectivity index (χ3v) is 42.1. The van der Waals surface area contributed by atoms with Gasteiger partial charge in [-0.3, -0.25) is 0 Å². The minimum absolute atomic E-state index is 0.734. The molecule has 0 aromatic heterocycles. The van der Waals surface area contributed by atoms with Gasteiger partial charge in [-0.1, -0.05) is 0 Å². The van der Waals surface area contributed by atoms with Gasteiger partial charge in [-0.25, -0.2) is 0 Å². The SMILES string of the molecule is CCC[CH2][Sn](/[CH]=[C](\COCc1ccccc1Br)[Sn]([CH2]CCC)([CH2]CCC)[CH2]CCC)([CH2]CCC)[CH2]CCC. The number of benzene rings is 1. The second kappa shape index (κ2) is 22.6. The molecule has 0 spiro atoms. The molecular formula is C34H63BrOSn2. The third-order valence-electron chi connectivity index (χ3n) is 8.75. The average molecular weight is 805 g/mol. The zero-order valence-corrected chi connectivity index (χ0v) is 33.6. The molecule has 1 rings (SSSR count). The fourth-order valence-corrected chi connectivity index (χ4v) is 48.8. The zero-order valence-electron chi connectivity index (χ0n) is 26.3. The zero-order chi connectivity index (χ0) is 28.1. The Hall–Kier alpha value is 0.997. The molecule has 0 amide bonds. The Morgan fingerprint density at radius 1 is 0.658 bits per heavy atom. The first kappa shape index (κ1) is 37.0.